The molecule has 1 heterocycles. The molecule has 0 saturated carbocycles. The quantitative estimate of drug-likeness (QED) is 0.698. The van der Waals surface area contributed by atoms with Gasteiger partial charge in [0.2, 0.25) is 0 Å². The van der Waals surface area contributed by atoms with Gasteiger partial charge in [-0.25, -0.2) is 4.79 Å². The molecular formula is C20H23NO3. The molecule has 3 rings (SSSR count). The molecule has 0 bridgehead atoms. The summed E-state index contributed by atoms with van der Waals surface area (Å²) in [6.07, 6.45) is 0. The van der Waals surface area contributed by atoms with Crippen LogP contribution in [0.25, 0.3) is 11.1 Å². The lowest BCUT2D eigenvalue weighted by Gasteiger charge is -2.15. The molecular weight excluding hydrogens is 302 g/mol. The first-order chi connectivity index (χ1) is 11.5. The van der Waals surface area contributed by atoms with Gasteiger partial charge in [0.25, 0.3) is 0 Å². The van der Waals surface area contributed by atoms with Gasteiger partial charge in [0.05, 0.1) is 12.1 Å². The van der Waals surface area contributed by atoms with Crippen LogP contribution in [-0.2, 0) is 6.54 Å². The SMILES string of the molecule is Cc1ccc(C(C)C)c(OCCn2c(=O)oc3ccc(C)cc32)c1. The highest BCUT2D eigenvalue weighted by Crippen LogP contribution is 2.27. The third-order valence-electron chi connectivity index (χ3n) is 4.19. The molecule has 126 valence electrons. The molecule has 1 aromatic heterocycles. The van der Waals surface area contributed by atoms with Crippen molar-refractivity contribution >= 4 is 11.1 Å². The van der Waals surface area contributed by atoms with E-state index < -0.39 is 0 Å². The summed E-state index contributed by atoms with van der Waals surface area (Å²) in [5.41, 5.74) is 4.87. The van der Waals surface area contributed by atoms with Gasteiger partial charge in [0.15, 0.2) is 5.58 Å². The molecule has 2 aromatic carbocycles. The van der Waals surface area contributed by atoms with Crippen molar-refractivity contribution in [3.63, 3.8) is 0 Å². The molecule has 0 N–H and O–H groups in total. The zero-order valence-corrected chi connectivity index (χ0v) is 14.6. The van der Waals surface area contributed by atoms with Crippen LogP contribution in [0.15, 0.2) is 45.6 Å². The first-order valence-electron chi connectivity index (χ1n) is 8.29. The molecule has 0 saturated heterocycles. The standard InChI is InChI=1S/C20H23NO3/c1-13(2)16-7-5-15(4)12-19(16)23-10-9-21-17-11-14(3)6-8-18(17)24-20(21)22/h5-8,11-13H,9-10H2,1-4H3. The molecule has 0 atom stereocenters. The zero-order chi connectivity index (χ0) is 17.3. The van der Waals surface area contributed by atoms with Crippen LogP contribution in [0.1, 0.15) is 36.5 Å². The van der Waals surface area contributed by atoms with E-state index in [1.807, 2.05) is 32.0 Å². The summed E-state index contributed by atoms with van der Waals surface area (Å²) < 4.78 is 12.9. The number of hydrogen-bond donors (Lipinski definition) is 0. The van der Waals surface area contributed by atoms with E-state index in [-0.39, 0.29) is 5.76 Å². The fourth-order valence-electron chi connectivity index (χ4n) is 2.87. The summed E-state index contributed by atoms with van der Waals surface area (Å²) in [5.74, 6) is 0.940. The van der Waals surface area contributed by atoms with E-state index in [4.69, 9.17) is 9.15 Å². The Morgan fingerprint density at radius 1 is 1.08 bits per heavy atom. The molecule has 0 aliphatic heterocycles. The molecule has 0 spiro atoms. The lowest BCUT2D eigenvalue weighted by Crippen LogP contribution is -2.19. The maximum atomic E-state index is 12.1. The molecule has 3 aromatic rings. The number of rotatable bonds is 5. The number of ether oxygens (including phenoxy) is 1. The maximum Gasteiger partial charge on any atom is 0.420 e. The van der Waals surface area contributed by atoms with Gasteiger partial charge in [0, 0.05) is 0 Å². The second kappa shape index (κ2) is 6.56. The van der Waals surface area contributed by atoms with E-state index in [1.165, 1.54) is 5.56 Å². The van der Waals surface area contributed by atoms with E-state index in [0.29, 0.717) is 24.7 Å². The predicted molar refractivity (Wildman–Crippen MR) is 96.0 cm³/mol. The van der Waals surface area contributed by atoms with E-state index in [1.54, 1.807) is 4.57 Å². The van der Waals surface area contributed by atoms with Gasteiger partial charge in [-0.1, -0.05) is 32.0 Å². The Balaban J connectivity index is 1.81. The number of aromatic nitrogens is 1. The van der Waals surface area contributed by atoms with Crippen LogP contribution in [0, 0.1) is 13.8 Å². The van der Waals surface area contributed by atoms with Crippen molar-refractivity contribution in [3.05, 3.63) is 63.6 Å². The fourth-order valence-corrected chi connectivity index (χ4v) is 2.87. The number of oxazole rings is 1. The average Bonchev–Trinajstić information content (AvgIpc) is 2.82. The van der Waals surface area contributed by atoms with Gasteiger partial charge < -0.3 is 9.15 Å². The van der Waals surface area contributed by atoms with Crippen molar-refractivity contribution in [2.45, 2.75) is 40.2 Å². The minimum atomic E-state index is -0.340. The molecule has 0 amide bonds. The number of nitrogens with zero attached hydrogens (tertiary/aromatic N) is 1. The van der Waals surface area contributed by atoms with Crippen molar-refractivity contribution in [1.29, 1.82) is 0 Å². The second-order valence-electron chi connectivity index (χ2n) is 6.54. The number of benzene rings is 2. The van der Waals surface area contributed by atoms with Gasteiger partial charge in [0.1, 0.15) is 12.4 Å². The molecule has 4 heteroatoms. The summed E-state index contributed by atoms with van der Waals surface area (Å²) in [6, 6.07) is 12.0. The van der Waals surface area contributed by atoms with E-state index >= 15 is 0 Å². The summed E-state index contributed by atoms with van der Waals surface area (Å²) in [5, 5.41) is 0. The minimum absolute atomic E-state index is 0.340. The van der Waals surface area contributed by atoms with E-state index in [9.17, 15) is 4.79 Å². The lowest BCUT2D eigenvalue weighted by atomic mass is 10.0. The monoisotopic (exact) mass is 325 g/mol. The first-order valence-corrected chi connectivity index (χ1v) is 8.29. The van der Waals surface area contributed by atoms with E-state index in [2.05, 4.69) is 32.0 Å². The normalized spacial score (nSPS) is 11.4. The minimum Gasteiger partial charge on any atom is -0.491 e. The van der Waals surface area contributed by atoms with Crippen LogP contribution in [0.5, 0.6) is 5.75 Å². The smallest absolute Gasteiger partial charge is 0.420 e. The van der Waals surface area contributed by atoms with Crippen molar-refractivity contribution in [2.24, 2.45) is 0 Å². The second-order valence-corrected chi connectivity index (χ2v) is 6.54. The third kappa shape index (κ3) is 3.23. The van der Waals surface area contributed by atoms with Crippen molar-refractivity contribution in [2.75, 3.05) is 6.61 Å². The molecule has 24 heavy (non-hydrogen) atoms. The summed E-state index contributed by atoms with van der Waals surface area (Å²) >= 11 is 0. The zero-order valence-electron chi connectivity index (χ0n) is 14.6. The Bertz CT molecular complexity index is 918. The Kier molecular flexibility index (Phi) is 4.47. The molecule has 4 nitrogen and oxygen atoms in total. The van der Waals surface area contributed by atoms with Crippen LogP contribution in [-0.4, -0.2) is 11.2 Å². The van der Waals surface area contributed by atoms with Gasteiger partial charge in [-0.3, -0.25) is 4.57 Å². The largest absolute Gasteiger partial charge is 0.491 e. The van der Waals surface area contributed by atoms with Gasteiger partial charge in [-0.2, -0.15) is 0 Å². The highest BCUT2D eigenvalue weighted by molar-refractivity contribution is 5.73. The van der Waals surface area contributed by atoms with Gasteiger partial charge >= 0.3 is 5.76 Å². The molecule has 0 fully saturated rings. The maximum absolute atomic E-state index is 12.1. The molecule has 0 aliphatic carbocycles. The predicted octanol–water partition coefficient (Wildman–Crippen LogP) is 4.41. The lowest BCUT2D eigenvalue weighted by molar-refractivity contribution is 0.290. The number of aryl methyl sites for hydroxylation is 2. The Labute approximate surface area is 141 Å². The van der Waals surface area contributed by atoms with E-state index in [0.717, 1.165) is 22.4 Å². The molecule has 0 unspecified atom stereocenters. The van der Waals surface area contributed by atoms with Crippen LogP contribution < -0.4 is 10.5 Å². The summed E-state index contributed by atoms with van der Waals surface area (Å²) in [6.45, 7) is 9.22. The third-order valence-corrected chi connectivity index (χ3v) is 4.19. The van der Waals surface area contributed by atoms with Crippen LogP contribution in [0.4, 0.5) is 0 Å². The number of fused-ring (bicyclic) bond motifs is 1. The molecule has 0 radical (unpaired) electrons. The highest BCUT2D eigenvalue weighted by atomic mass is 16.5. The Morgan fingerprint density at radius 2 is 1.79 bits per heavy atom. The van der Waals surface area contributed by atoms with Crippen molar-refractivity contribution in [1.82, 2.24) is 4.57 Å². The van der Waals surface area contributed by atoms with Crippen LogP contribution in [0.3, 0.4) is 0 Å². The van der Waals surface area contributed by atoms with Gasteiger partial charge in [-0.15, -0.1) is 0 Å². The fraction of sp³-hybridized carbons (Fsp3) is 0.350. The molecule has 0 aliphatic rings. The summed E-state index contributed by atoms with van der Waals surface area (Å²) in [4.78, 5) is 12.1. The Morgan fingerprint density at radius 3 is 2.54 bits per heavy atom. The van der Waals surface area contributed by atoms with Crippen molar-refractivity contribution in [3.8, 4) is 5.75 Å². The average molecular weight is 325 g/mol. The number of hydrogen-bond acceptors (Lipinski definition) is 3. The highest BCUT2D eigenvalue weighted by Gasteiger charge is 2.11. The van der Waals surface area contributed by atoms with Crippen molar-refractivity contribution < 1.29 is 9.15 Å². The topological polar surface area (TPSA) is 44.4 Å². The van der Waals surface area contributed by atoms with Crippen LogP contribution >= 0.6 is 0 Å². The summed E-state index contributed by atoms with van der Waals surface area (Å²) in [7, 11) is 0. The Hall–Kier alpha value is -2.49. The van der Waals surface area contributed by atoms with Crippen LogP contribution in [0.2, 0.25) is 0 Å². The first kappa shape index (κ1) is 16.4. The van der Waals surface area contributed by atoms with Gasteiger partial charge in [-0.05, 0) is 54.7 Å².